The molecule has 1 fully saturated rings. The molecule has 1 rings (SSSR count). The van der Waals surface area contributed by atoms with Crippen molar-refractivity contribution in [3.8, 4) is 0 Å². The minimum atomic E-state index is -0.220. The lowest BCUT2D eigenvalue weighted by molar-refractivity contribution is 0.171. The van der Waals surface area contributed by atoms with Gasteiger partial charge in [0, 0.05) is 13.1 Å². The fourth-order valence-electron chi connectivity index (χ4n) is 2.99. The highest BCUT2D eigenvalue weighted by atomic mass is 16.3. The lowest BCUT2D eigenvalue weighted by Crippen LogP contribution is -2.36. The molecule has 15 heavy (non-hydrogen) atoms. The van der Waals surface area contributed by atoms with Gasteiger partial charge in [-0.05, 0) is 37.5 Å². The summed E-state index contributed by atoms with van der Waals surface area (Å²) in [6.07, 6.45) is 6.64. The number of nitrogens with one attached hydrogen (secondary N) is 1. The minimum absolute atomic E-state index is 0.220. The smallest absolute Gasteiger partial charge is 0.0636 e. The van der Waals surface area contributed by atoms with Crippen LogP contribution in [0.4, 0.5) is 0 Å². The number of hydrogen-bond donors (Lipinski definition) is 2. The Morgan fingerprint density at radius 3 is 2.27 bits per heavy atom. The molecule has 0 amide bonds. The second kappa shape index (κ2) is 5.86. The third-order valence-corrected chi connectivity index (χ3v) is 3.45. The highest BCUT2D eigenvalue weighted by Gasteiger charge is 2.33. The second-order valence-corrected chi connectivity index (χ2v) is 5.78. The number of aliphatic hydroxyl groups excluding tert-OH is 1. The summed E-state index contributed by atoms with van der Waals surface area (Å²) in [7, 11) is 0. The Morgan fingerprint density at radius 1 is 1.20 bits per heavy atom. The summed E-state index contributed by atoms with van der Waals surface area (Å²) in [5.74, 6) is 0.788. The van der Waals surface area contributed by atoms with Crippen molar-refractivity contribution < 1.29 is 5.11 Å². The maximum Gasteiger partial charge on any atom is 0.0636 e. The summed E-state index contributed by atoms with van der Waals surface area (Å²) < 4.78 is 0. The van der Waals surface area contributed by atoms with Crippen LogP contribution in [0.25, 0.3) is 0 Å². The van der Waals surface area contributed by atoms with E-state index >= 15 is 0 Å². The van der Waals surface area contributed by atoms with Crippen LogP contribution in [0.1, 0.15) is 52.9 Å². The van der Waals surface area contributed by atoms with E-state index in [4.69, 9.17) is 0 Å². The standard InChI is InChI=1S/C13H27NO/c1-11(2)8-13(6-4-5-7-13)10-14-9-12(3)15/h11-12,14-15H,4-10H2,1-3H3/t12-/m1/s1. The molecule has 0 bridgehead atoms. The van der Waals surface area contributed by atoms with Gasteiger partial charge in [-0.1, -0.05) is 26.7 Å². The van der Waals surface area contributed by atoms with Crippen molar-refractivity contribution in [3.63, 3.8) is 0 Å². The third kappa shape index (κ3) is 4.52. The summed E-state index contributed by atoms with van der Waals surface area (Å²) in [4.78, 5) is 0. The summed E-state index contributed by atoms with van der Waals surface area (Å²) >= 11 is 0. The molecule has 0 aromatic rings. The van der Waals surface area contributed by atoms with E-state index in [0.29, 0.717) is 5.41 Å². The van der Waals surface area contributed by atoms with Crippen LogP contribution in [0.2, 0.25) is 0 Å². The average molecular weight is 213 g/mol. The van der Waals surface area contributed by atoms with E-state index in [-0.39, 0.29) is 6.10 Å². The molecule has 0 aromatic heterocycles. The van der Waals surface area contributed by atoms with E-state index in [0.717, 1.165) is 19.0 Å². The average Bonchev–Trinajstić information content (AvgIpc) is 2.51. The molecule has 90 valence electrons. The normalized spacial score (nSPS) is 22.2. The summed E-state index contributed by atoms with van der Waals surface area (Å²) in [5.41, 5.74) is 0.531. The molecular formula is C13H27NO. The predicted molar refractivity (Wildman–Crippen MR) is 64.9 cm³/mol. The van der Waals surface area contributed by atoms with Crippen LogP contribution in [-0.4, -0.2) is 24.3 Å². The van der Waals surface area contributed by atoms with Gasteiger partial charge in [-0.15, -0.1) is 0 Å². The molecule has 1 aliphatic carbocycles. The molecule has 1 atom stereocenters. The molecule has 0 saturated heterocycles. The Morgan fingerprint density at radius 2 is 1.80 bits per heavy atom. The third-order valence-electron chi connectivity index (χ3n) is 3.45. The van der Waals surface area contributed by atoms with E-state index in [9.17, 15) is 5.11 Å². The van der Waals surface area contributed by atoms with Crippen LogP contribution in [0.3, 0.4) is 0 Å². The number of hydrogen-bond acceptors (Lipinski definition) is 2. The molecule has 2 nitrogen and oxygen atoms in total. The molecule has 0 unspecified atom stereocenters. The lowest BCUT2D eigenvalue weighted by atomic mass is 9.78. The lowest BCUT2D eigenvalue weighted by Gasteiger charge is -2.31. The van der Waals surface area contributed by atoms with Crippen LogP contribution in [0.15, 0.2) is 0 Å². The van der Waals surface area contributed by atoms with Gasteiger partial charge in [0.2, 0.25) is 0 Å². The van der Waals surface area contributed by atoms with Gasteiger partial charge in [-0.3, -0.25) is 0 Å². The fraction of sp³-hybridized carbons (Fsp3) is 1.00. The van der Waals surface area contributed by atoms with Crippen molar-refractivity contribution in [1.82, 2.24) is 5.32 Å². The van der Waals surface area contributed by atoms with E-state index < -0.39 is 0 Å². The van der Waals surface area contributed by atoms with Gasteiger partial charge >= 0.3 is 0 Å². The van der Waals surface area contributed by atoms with E-state index in [2.05, 4.69) is 19.2 Å². The van der Waals surface area contributed by atoms with Gasteiger partial charge in [0.1, 0.15) is 0 Å². The van der Waals surface area contributed by atoms with Crippen molar-refractivity contribution >= 4 is 0 Å². The Hall–Kier alpha value is -0.0800. The zero-order valence-electron chi connectivity index (χ0n) is 10.6. The van der Waals surface area contributed by atoms with Gasteiger partial charge in [0.25, 0.3) is 0 Å². The molecule has 1 aliphatic rings. The maximum absolute atomic E-state index is 9.23. The predicted octanol–water partition coefficient (Wildman–Crippen LogP) is 2.56. The van der Waals surface area contributed by atoms with Crippen molar-refractivity contribution in [2.75, 3.05) is 13.1 Å². The summed E-state index contributed by atoms with van der Waals surface area (Å²) in [5, 5.41) is 12.7. The molecule has 1 saturated carbocycles. The molecule has 2 N–H and O–H groups in total. The molecule has 0 aliphatic heterocycles. The van der Waals surface area contributed by atoms with Gasteiger partial charge in [0.05, 0.1) is 6.10 Å². The van der Waals surface area contributed by atoms with Crippen LogP contribution in [0, 0.1) is 11.3 Å². The zero-order chi connectivity index (χ0) is 11.3. The maximum atomic E-state index is 9.23. The zero-order valence-corrected chi connectivity index (χ0v) is 10.6. The first-order valence-electron chi connectivity index (χ1n) is 6.43. The van der Waals surface area contributed by atoms with Gasteiger partial charge in [-0.2, -0.15) is 0 Å². The largest absolute Gasteiger partial charge is 0.392 e. The number of rotatable bonds is 6. The quantitative estimate of drug-likeness (QED) is 0.711. The monoisotopic (exact) mass is 213 g/mol. The molecule has 2 heteroatoms. The molecule has 0 aromatic carbocycles. The summed E-state index contributed by atoms with van der Waals surface area (Å²) in [6, 6.07) is 0. The van der Waals surface area contributed by atoms with E-state index in [1.807, 2.05) is 6.92 Å². The van der Waals surface area contributed by atoms with Crippen molar-refractivity contribution in [3.05, 3.63) is 0 Å². The Balaban J connectivity index is 2.36. The minimum Gasteiger partial charge on any atom is -0.392 e. The first kappa shape index (κ1) is 13.0. The molecular weight excluding hydrogens is 186 g/mol. The van der Waals surface area contributed by atoms with E-state index in [1.165, 1.54) is 32.1 Å². The van der Waals surface area contributed by atoms with Crippen molar-refractivity contribution in [1.29, 1.82) is 0 Å². The highest BCUT2D eigenvalue weighted by molar-refractivity contribution is 4.87. The van der Waals surface area contributed by atoms with Gasteiger partial charge in [-0.25, -0.2) is 0 Å². The topological polar surface area (TPSA) is 32.3 Å². The van der Waals surface area contributed by atoms with Crippen LogP contribution in [0.5, 0.6) is 0 Å². The Bertz CT molecular complexity index is 171. The van der Waals surface area contributed by atoms with Crippen LogP contribution in [-0.2, 0) is 0 Å². The highest BCUT2D eigenvalue weighted by Crippen LogP contribution is 2.42. The second-order valence-electron chi connectivity index (χ2n) is 5.78. The Kier molecular flexibility index (Phi) is 5.07. The molecule has 0 radical (unpaired) electrons. The van der Waals surface area contributed by atoms with Crippen molar-refractivity contribution in [2.45, 2.75) is 59.0 Å². The van der Waals surface area contributed by atoms with Crippen molar-refractivity contribution in [2.24, 2.45) is 11.3 Å². The van der Waals surface area contributed by atoms with Gasteiger partial charge < -0.3 is 10.4 Å². The SMILES string of the molecule is CC(C)CC1(CNC[C@@H](C)O)CCCC1. The molecule has 0 spiro atoms. The molecule has 0 heterocycles. The fourth-order valence-corrected chi connectivity index (χ4v) is 2.99. The number of aliphatic hydroxyl groups is 1. The first-order chi connectivity index (χ1) is 7.04. The first-order valence-corrected chi connectivity index (χ1v) is 6.43. The van der Waals surface area contributed by atoms with Gasteiger partial charge in [0.15, 0.2) is 0 Å². The van der Waals surface area contributed by atoms with E-state index in [1.54, 1.807) is 0 Å². The Labute approximate surface area is 94.5 Å². The summed E-state index contributed by atoms with van der Waals surface area (Å²) in [6.45, 7) is 8.30. The van der Waals surface area contributed by atoms with Crippen LogP contribution >= 0.6 is 0 Å². The van der Waals surface area contributed by atoms with Crippen LogP contribution < -0.4 is 5.32 Å².